The molecule has 2 heteroatoms. The maximum Gasteiger partial charge on any atom is 0.0786 e. The molecule has 2 nitrogen and oxygen atoms in total. The van der Waals surface area contributed by atoms with Gasteiger partial charge in [0.1, 0.15) is 0 Å². The van der Waals surface area contributed by atoms with E-state index in [9.17, 15) is 0 Å². The van der Waals surface area contributed by atoms with Crippen molar-refractivity contribution in [2.75, 3.05) is 53.4 Å². The molecule has 24 heavy (non-hydrogen) atoms. The van der Waals surface area contributed by atoms with Crippen molar-refractivity contribution in [3.8, 4) is 0 Å². The predicted octanol–water partition coefficient (Wildman–Crippen LogP) is 5.37. The van der Waals surface area contributed by atoms with E-state index < -0.39 is 0 Å². The van der Waals surface area contributed by atoms with Crippen LogP contribution in [0.4, 0.5) is 0 Å². The van der Waals surface area contributed by atoms with Gasteiger partial charge in [-0.3, -0.25) is 0 Å². The molecule has 0 aromatic rings. The molecule has 0 saturated carbocycles. The zero-order chi connectivity index (χ0) is 17.1. The lowest BCUT2D eigenvalue weighted by Crippen LogP contribution is -2.41. The van der Waals surface area contributed by atoms with E-state index in [1.807, 2.05) is 0 Å². The van der Waals surface area contributed by atoms with Gasteiger partial charge in [-0.15, -0.1) is 0 Å². The largest absolute Gasteiger partial charge is 0.326 e. The van der Waals surface area contributed by atoms with Gasteiger partial charge in [0.05, 0.1) is 53.4 Å². The van der Waals surface area contributed by atoms with Gasteiger partial charge >= 0.3 is 0 Å². The van der Waals surface area contributed by atoms with E-state index in [1.54, 1.807) is 0 Å². The Kier molecular flexibility index (Phi) is 9.11. The molecule has 2 rings (SSSR count). The molecule has 2 heterocycles. The quantitative estimate of drug-likeness (QED) is 0.313. The number of unbranched alkanes of at least 4 members (excludes halogenated alkanes) is 9. The zero-order valence-electron chi connectivity index (χ0n) is 17.0. The minimum Gasteiger partial charge on any atom is -0.326 e. The van der Waals surface area contributed by atoms with Crippen LogP contribution in [0.25, 0.3) is 0 Å². The van der Waals surface area contributed by atoms with Gasteiger partial charge in [0.2, 0.25) is 0 Å². The highest BCUT2D eigenvalue weighted by atomic mass is 15.3. The van der Waals surface area contributed by atoms with Crippen molar-refractivity contribution in [2.45, 2.75) is 89.9 Å². The first kappa shape index (κ1) is 20.2. The van der Waals surface area contributed by atoms with Crippen LogP contribution in [0, 0.1) is 0 Å². The number of hydrogen-bond donors (Lipinski definition) is 0. The van der Waals surface area contributed by atoms with Crippen LogP contribution < -0.4 is 0 Å². The van der Waals surface area contributed by atoms with E-state index in [1.165, 1.54) is 138 Å². The van der Waals surface area contributed by atoms with Crippen molar-refractivity contribution in [3.05, 3.63) is 0 Å². The van der Waals surface area contributed by atoms with Crippen LogP contribution >= 0.6 is 0 Å². The molecule has 142 valence electrons. The van der Waals surface area contributed by atoms with Crippen LogP contribution in [-0.4, -0.2) is 62.3 Å². The Morgan fingerprint density at radius 1 is 0.417 bits per heavy atom. The fourth-order valence-corrected chi connectivity index (χ4v) is 5.05. The van der Waals surface area contributed by atoms with E-state index in [4.69, 9.17) is 0 Å². The molecule has 0 bridgehead atoms. The lowest BCUT2D eigenvalue weighted by Gasteiger charge is -2.29. The first-order chi connectivity index (χ1) is 11.6. The van der Waals surface area contributed by atoms with Crippen molar-refractivity contribution in [2.24, 2.45) is 0 Å². The summed E-state index contributed by atoms with van der Waals surface area (Å²) in [4.78, 5) is 0. The van der Waals surface area contributed by atoms with Gasteiger partial charge < -0.3 is 8.97 Å². The molecule has 0 N–H and O–H groups in total. The van der Waals surface area contributed by atoms with E-state index >= 15 is 0 Å². The van der Waals surface area contributed by atoms with Gasteiger partial charge in [-0.2, -0.15) is 0 Å². The smallest absolute Gasteiger partial charge is 0.0786 e. The summed E-state index contributed by atoms with van der Waals surface area (Å²) >= 11 is 0. The minimum atomic E-state index is 1.37. The SMILES string of the molecule is C[N+]1(CCCCCCCCCCCC[N+]2(C)CCCC2)CCCC1. The lowest BCUT2D eigenvalue weighted by molar-refractivity contribution is -0.897. The predicted molar refractivity (Wildman–Crippen MR) is 106 cm³/mol. The molecule has 0 amide bonds. The van der Waals surface area contributed by atoms with E-state index in [-0.39, 0.29) is 0 Å². The second kappa shape index (κ2) is 10.8. The second-order valence-electron chi connectivity index (χ2n) is 9.53. The molecular weight excluding hydrogens is 292 g/mol. The summed E-state index contributed by atoms with van der Waals surface area (Å²) in [6.45, 7) is 8.65. The van der Waals surface area contributed by atoms with Crippen LogP contribution in [0.15, 0.2) is 0 Å². The van der Waals surface area contributed by atoms with Crippen molar-refractivity contribution < 1.29 is 8.97 Å². The summed E-state index contributed by atoms with van der Waals surface area (Å²) in [5, 5.41) is 0. The van der Waals surface area contributed by atoms with E-state index in [0.29, 0.717) is 0 Å². The van der Waals surface area contributed by atoms with Crippen LogP contribution in [0.1, 0.15) is 89.9 Å². The first-order valence-electron chi connectivity index (χ1n) is 11.3. The van der Waals surface area contributed by atoms with E-state index in [0.717, 1.165) is 0 Å². The Bertz CT molecular complexity index is 282. The normalized spacial score (nSPS) is 22.2. The molecule has 0 spiro atoms. The molecule has 0 radical (unpaired) electrons. The summed E-state index contributed by atoms with van der Waals surface area (Å²) in [5.41, 5.74) is 0. The van der Waals surface area contributed by atoms with Gasteiger partial charge in [0, 0.05) is 25.7 Å². The zero-order valence-corrected chi connectivity index (χ0v) is 17.0. The van der Waals surface area contributed by atoms with Crippen molar-refractivity contribution in [3.63, 3.8) is 0 Å². The monoisotopic (exact) mass is 338 g/mol. The van der Waals surface area contributed by atoms with Gasteiger partial charge in [-0.25, -0.2) is 0 Å². The third-order valence-corrected chi connectivity index (χ3v) is 6.94. The molecule has 2 aliphatic heterocycles. The Morgan fingerprint density at radius 3 is 0.958 bits per heavy atom. The minimum absolute atomic E-state index is 1.37. The maximum atomic E-state index is 2.47. The average molecular weight is 339 g/mol. The fourth-order valence-electron chi connectivity index (χ4n) is 5.05. The summed E-state index contributed by atoms with van der Waals surface area (Å²) in [6, 6.07) is 0. The molecule has 0 aromatic heterocycles. The van der Waals surface area contributed by atoms with E-state index in [2.05, 4.69) is 14.1 Å². The van der Waals surface area contributed by atoms with Crippen LogP contribution in [0.2, 0.25) is 0 Å². The topological polar surface area (TPSA) is 0 Å². The van der Waals surface area contributed by atoms with Crippen molar-refractivity contribution in [1.82, 2.24) is 0 Å². The van der Waals surface area contributed by atoms with Gasteiger partial charge in [-0.1, -0.05) is 38.5 Å². The Labute approximate surface area is 152 Å². The summed E-state index contributed by atoms with van der Waals surface area (Å²) in [5.74, 6) is 0. The molecular formula is C22H46N2+2. The highest BCUT2D eigenvalue weighted by Crippen LogP contribution is 2.19. The Hall–Kier alpha value is -0.0800. The van der Waals surface area contributed by atoms with Gasteiger partial charge in [0.15, 0.2) is 0 Å². The summed E-state index contributed by atoms with van der Waals surface area (Å²) in [7, 11) is 4.94. The van der Waals surface area contributed by atoms with Crippen LogP contribution in [0.3, 0.4) is 0 Å². The third kappa shape index (κ3) is 7.87. The second-order valence-corrected chi connectivity index (χ2v) is 9.53. The maximum absolute atomic E-state index is 2.47. The number of likely N-dealkylation sites (tertiary alicyclic amines) is 2. The number of hydrogen-bond acceptors (Lipinski definition) is 0. The summed E-state index contributed by atoms with van der Waals surface area (Å²) < 4.78 is 2.75. The number of rotatable bonds is 13. The first-order valence-corrected chi connectivity index (χ1v) is 11.3. The van der Waals surface area contributed by atoms with Crippen LogP contribution in [-0.2, 0) is 0 Å². The molecule has 0 aromatic carbocycles. The summed E-state index contributed by atoms with van der Waals surface area (Å²) in [6.07, 6.45) is 20.7. The highest BCUT2D eigenvalue weighted by Gasteiger charge is 2.26. The fraction of sp³-hybridized carbons (Fsp3) is 1.00. The molecule has 2 fully saturated rings. The highest BCUT2D eigenvalue weighted by molar-refractivity contribution is 4.54. The molecule has 0 atom stereocenters. The average Bonchev–Trinajstić information content (AvgIpc) is 3.18. The van der Waals surface area contributed by atoms with Gasteiger partial charge in [-0.05, 0) is 25.7 Å². The van der Waals surface area contributed by atoms with Crippen molar-refractivity contribution >= 4 is 0 Å². The van der Waals surface area contributed by atoms with Crippen LogP contribution in [0.5, 0.6) is 0 Å². The number of quaternary nitrogens is 2. The molecule has 2 saturated heterocycles. The van der Waals surface area contributed by atoms with Gasteiger partial charge in [0.25, 0.3) is 0 Å². The molecule has 0 unspecified atom stereocenters. The van der Waals surface area contributed by atoms with Crippen molar-refractivity contribution in [1.29, 1.82) is 0 Å². The Morgan fingerprint density at radius 2 is 0.667 bits per heavy atom. The Balaban J connectivity index is 1.30. The molecule has 0 aliphatic carbocycles. The molecule has 2 aliphatic rings. The number of nitrogens with zero attached hydrogens (tertiary/aromatic N) is 2. The standard InChI is InChI=1S/C22H46N2/c1-23(19-13-14-20-23)17-11-9-7-5-3-4-6-8-10-12-18-24(2)21-15-16-22-24/h3-22H2,1-2H3/q+2. The lowest BCUT2D eigenvalue weighted by atomic mass is 10.1. The third-order valence-electron chi connectivity index (χ3n) is 6.94.